The minimum Gasteiger partial charge on any atom is -0.368 e. The molecule has 0 aromatic rings. The number of amides is 3. The third-order valence-corrected chi connectivity index (χ3v) is 1.58. The molecule has 0 heterocycles. The Morgan fingerprint density at radius 1 is 1.38 bits per heavy atom. The van der Waals surface area contributed by atoms with Crippen LogP contribution >= 0.6 is 0 Å². The van der Waals surface area contributed by atoms with Gasteiger partial charge in [-0.15, -0.1) is 0 Å². The van der Waals surface area contributed by atoms with Gasteiger partial charge in [-0.25, -0.2) is 4.79 Å². The first-order valence-electron chi connectivity index (χ1n) is 4.26. The van der Waals surface area contributed by atoms with Crippen molar-refractivity contribution in [1.29, 1.82) is 0 Å². The molecule has 4 N–H and O–H groups in total. The van der Waals surface area contributed by atoms with Crippen molar-refractivity contribution in [3.05, 3.63) is 0 Å². The van der Waals surface area contributed by atoms with E-state index in [-0.39, 0.29) is 6.03 Å². The van der Waals surface area contributed by atoms with Crippen LogP contribution in [0.3, 0.4) is 0 Å². The van der Waals surface area contributed by atoms with Crippen molar-refractivity contribution in [2.24, 2.45) is 5.73 Å². The first kappa shape index (κ1) is 11.7. The summed E-state index contributed by atoms with van der Waals surface area (Å²) < 4.78 is 0. The molecule has 5 nitrogen and oxygen atoms in total. The topological polar surface area (TPSA) is 84.2 Å². The smallest absolute Gasteiger partial charge is 0.315 e. The van der Waals surface area contributed by atoms with Gasteiger partial charge >= 0.3 is 6.03 Å². The average Bonchev–Trinajstić information content (AvgIpc) is 1.99. The molecule has 0 saturated carbocycles. The largest absolute Gasteiger partial charge is 0.368 e. The van der Waals surface area contributed by atoms with E-state index in [2.05, 4.69) is 10.6 Å². The highest BCUT2D eigenvalue weighted by Crippen LogP contribution is 1.99. The van der Waals surface area contributed by atoms with Gasteiger partial charge in [-0.3, -0.25) is 4.79 Å². The van der Waals surface area contributed by atoms with Crippen molar-refractivity contribution in [2.75, 3.05) is 6.54 Å². The van der Waals surface area contributed by atoms with Crippen molar-refractivity contribution >= 4 is 11.9 Å². The lowest BCUT2D eigenvalue weighted by molar-refractivity contribution is -0.122. The van der Waals surface area contributed by atoms with Crippen molar-refractivity contribution in [3.8, 4) is 0 Å². The summed E-state index contributed by atoms with van der Waals surface area (Å²) in [5, 5.41) is 5.05. The summed E-state index contributed by atoms with van der Waals surface area (Å²) in [6.07, 6.45) is 0.852. The number of carbonyl (C=O) groups excluding carboxylic acids is 2. The Kier molecular flexibility index (Phi) is 4.23. The van der Waals surface area contributed by atoms with Crippen LogP contribution in [0.1, 0.15) is 27.2 Å². The Balaban J connectivity index is 3.97. The molecule has 5 heteroatoms. The first-order valence-corrected chi connectivity index (χ1v) is 4.26. The molecule has 0 rings (SSSR count). The standard InChI is InChI=1S/C8H17N3O2/c1-4-5-10-7(13)11-8(2,3)6(9)12/h4-5H2,1-3H3,(H2,9,12)(H2,10,11,13). The van der Waals surface area contributed by atoms with E-state index >= 15 is 0 Å². The summed E-state index contributed by atoms with van der Waals surface area (Å²) in [7, 11) is 0. The predicted octanol–water partition coefficient (Wildman–Crippen LogP) is -0.0405. The minimum absolute atomic E-state index is 0.370. The van der Waals surface area contributed by atoms with Crippen LogP contribution in [-0.2, 0) is 4.79 Å². The van der Waals surface area contributed by atoms with E-state index in [0.29, 0.717) is 6.54 Å². The lowest BCUT2D eigenvalue weighted by atomic mass is 10.1. The molecule has 0 atom stereocenters. The normalized spacial score (nSPS) is 10.7. The second-order valence-electron chi connectivity index (χ2n) is 3.37. The van der Waals surface area contributed by atoms with Gasteiger partial charge in [0.2, 0.25) is 5.91 Å². The van der Waals surface area contributed by atoms with Gasteiger partial charge in [-0.2, -0.15) is 0 Å². The third-order valence-electron chi connectivity index (χ3n) is 1.58. The van der Waals surface area contributed by atoms with Gasteiger partial charge in [0.15, 0.2) is 0 Å². The average molecular weight is 187 g/mol. The van der Waals surface area contributed by atoms with Crippen LogP contribution in [0, 0.1) is 0 Å². The predicted molar refractivity (Wildman–Crippen MR) is 50.1 cm³/mol. The maximum Gasteiger partial charge on any atom is 0.315 e. The fraction of sp³-hybridized carbons (Fsp3) is 0.750. The van der Waals surface area contributed by atoms with E-state index in [1.165, 1.54) is 0 Å². The molecule has 0 fully saturated rings. The van der Waals surface area contributed by atoms with Gasteiger partial charge in [0.05, 0.1) is 0 Å². The Morgan fingerprint density at radius 3 is 2.31 bits per heavy atom. The second-order valence-corrected chi connectivity index (χ2v) is 3.37. The molecule has 0 bridgehead atoms. The van der Waals surface area contributed by atoms with E-state index < -0.39 is 11.4 Å². The van der Waals surface area contributed by atoms with E-state index in [9.17, 15) is 9.59 Å². The number of hydrogen-bond acceptors (Lipinski definition) is 2. The summed E-state index contributed by atoms with van der Waals surface area (Å²) in [4.78, 5) is 21.9. The van der Waals surface area contributed by atoms with Gasteiger partial charge in [-0.1, -0.05) is 6.92 Å². The Hall–Kier alpha value is -1.26. The zero-order chi connectivity index (χ0) is 10.5. The number of rotatable bonds is 4. The molecule has 0 aromatic carbocycles. The van der Waals surface area contributed by atoms with Crippen LogP contribution in [0.25, 0.3) is 0 Å². The van der Waals surface area contributed by atoms with E-state index in [1.807, 2.05) is 6.92 Å². The summed E-state index contributed by atoms with van der Waals surface area (Å²) in [6.45, 7) is 5.64. The van der Waals surface area contributed by atoms with E-state index in [1.54, 1.807) is 13.8 Å². The van der Waals surface area contributed by atoms with Crippen LogP contribution in [-0.4, -0.2) is 24.0 Å². The summed E-state index contributed by atoms with van der Waals surface area (Å²) in [5.41, 5.74) is 4.06. The Labute approximate surface area is 78.1 Å². The summed E-state index contributed by atoms with van der Waals surface area (Å²) >= 11 is 0. The van der Waals surface area contributed by atoms with E-state index in [4.69, 9.17) is 5.73 Å². The van der Waals surface area contributed by atoms with Crippen molar-refractivity contribution in [3.63, 3.8) is 0 Å². The molecule has 0 spiro atoms. The zero-order valence-electron chi connectivity index (χ0n) is 8.31. The molecule has 0 aliphatic rings. The number of nitrogens with one attached hydrogen (secondary N) is 2. The van der Waals surface area contributed by atoms with Gasteiger partial charge in [0.1, 0.15) is 5.54 Å². The SMILES string of the molecule is CCCNC(=O)NC(C)(C)C(N)=O. The highest BCUT2D eigenvalue weighted by Gasteiger charge is 2.26. The van der Waals surface area contributed by atoms with Crippen molar-refractivity contribution in [2.45, 2.75) is 32.7 Å². The number of urea groups is 1. The Bertz CT molecular complexity index is 202. The number of hydrogen-bond donors (Lipinski definition) is 3. The fourth-order valence-corrected chi connectivity index (χ4v) is 0.628. The Morgan fingerprint density at radius 2 is 1.92 bits per heavy atom. The molecular weight excluding hydrogens is 170 g/mol. The molecule has 0 unspecified atom stereocenters. The summed E-state index contributed by atoms with van der Waals surface area (Å²) in [5.74, 6) is -0.556. The van der Waals surface area contributed by atoms with E-state index in [0.717, 1.165) is 6.42 Å². The van der Waals surface area contributed by atoms with Crippen LogP contribution < -0.4 is 16.4 Å². The van der Waals surface area contributed by atoms with Crippen LogP contribution in [0.2, 0.25) is 0 Å². The molecule has 0 aliphatic carbocycles. The highest BCUT2D eigenvalue weighted by molar-refractivity contribution is 5.88. The zero-order valence-corrected chi connectivity index (χ0v) is 8.31. The first-order chi connectivity index (χ1) is 5.90. The van der Waals surface area contributed by atoms with Crippen molar-refractivity contribution < 1.29 is 9.59 Å². The van der Waals surface area contributed by atoms with Gasteiger partial charge in [0.25, 0.3) is 0 Å². The number of primary amides is 1. The molecule has 0 radical (unpaired) electrons. The van der Waals surface area contributed by atoms with Crippen LogP contribution in [0.5, 0.6) is 0 Å². The van der Waals surface area contributed by atoms with Gasteiger partial charge < -0.3 is 16.4 Å². The fourth-order valence-electron chi connectivity index (χ4n) is 0.628. The van der Waals surface area contributed by atoms with Crippen LogP contribution in [0.4, 0.5) is 4.79 Å². The molecule has 13 heavy (non-hydrogen) atoms. The lowest BCUT2D eigenvalue weighted by Gasteiger charge is -2.22. The van der Waals surface area contributed by atoms with Gasteiger partial charge in [0, 0.05) is 6.54 Å². The molecule has 0 aliphatic heterocycles. The molecular formula is C8H17N3O2. The second kappa shape index (κ2) is 4.69. The highest BCUT2D eigenvalue weighted by atomic mass is 16.2. The molecule has 76 valence electrons. The monoisotopic (exact) mass is 187 g/mol. The maximum atomic E-state index is 11.1. The summed E-state index contributed by atoms with van der Waals surface area (Å²) in [6, 6.07) is -0.370. The van der Waals surface area contributed by atoms with Crippen molar-refractivity contribution in [1.82, 2.24) is 10.6 Å². The third kappa shape index (κ3) is 4.35. The molecule has 3 amide bonds. The van der Waals surface area contributed by atoms with Gasteiger partial charge in [-0.05, 0) is 20.3 Å². The quantitative estimate of drug-likeness (QED) is 0.577. The lowest BCUT2D eigenvalue weighted by Crippen LogP contribution is -2.55. The maximum absolute atomic E-state index is 11.1. The number of nitrogens with two attached hydrogens (primary N) is 1. The molecule has 0 aromatic heterocycles. The van der Waals surface area contributed by atoms with Crippen LogP contribution in [0.15, 0.2) is 0 Å². The number of carbonyl (C=O) groups is 2. The minimum atomic E-state index is -1.00. The molecule has 0 saturated heterocycles.